The van der Waals surface area contributed by atoms with Crippen LogP contribution >= 0.6 is 0 Å². The van der Waals surface area contributed by atoms with Crippen LogP contribution in [-0.4, -0.2) is 55.4 Å². The summed E-state index contributed by atoms with van der Waals surface area (Å²) in [4.78, 5) is 14.0. The predicted molar refractivity (Wildman–Crippen MR) is 92.8 cm³/mol. The van der Waals surface area contributed by atoms with Crippen LogP contribution in [0.4, 0.5) is 0 Å². The number of carbonyl (C=O) groups is 1. The van der Waals surface area contributed by atoms with E-state index in [-0.39, 0.29) is 6.04 Å². The third-order valence-corrected chi connectivity index (χ3v) is 4.38. The van der Waals surface area contributed by atoms with Crippen LogP contribution in [0.1, 0.15) is 38.3 Å². The first-order valence-corrected chi connectivity index (χ1v) is 8.58. The number of carboxylic acid groups (broad SMARTS) is 1. The molecule has 6 nitrogen and oxygen atoms in total. The second-order valence-corrected chi connectivity index (χ2v) is 6.14. The summed E-state index contributed by atoms with van der Waals surface area (Å²) in [5.74, 6) is 0.401. The van der Waals surface area contributed by atoms with Crippen molar-refractivity contribution in [3.8, 4) is 11.5 Å². The van der Waals surface area contributed by atoms with Gasteiger partial charge in [0.05, 0.1) is 13.7 Å². The Labute approximate surface area is 143 Å². The van der Waals surface area contributed by atoms with Crippen LogP contribution in [0.15, 0.2) is 18.2 Å². The molecule has 1 aromatic rings. The highest BCUT2D eigenvalue weighted by molar-refractivity contribution is 5.76. The minimum absolute atomic E-state index is 0.159. The van der Waals surface area contributed by atoms with Gasteiger partial charge in [0, 0.05) is 25.7 Å². The molecule has 6 heteroatoms. The molecule has 1 aliphatic rings. The Balaban J connectivity index is 2.28. The minimum atomic E-state index is -0.839. The molecule has 0 aromatic heterocycles. The Kier molecular flexibility index (Phi) is 6.87. The molecule has 2 N–H and O–H groups in total. The molecule has 1 heterocycles. The fourth-order valence-corrected chi connectivity index (χ4v) is 3.02. The van der Waals surface area contributed by atoms with Gasteiger partial charge < -0.3 is 19.9 Å². The van der Waals surface area contributed by atoms with Crippen LogP contribution in [0, 0.1) is 0 Å². The van der Waals surface area contributed by atoms with E-state index in [4.69, 9.17) is 9.47 Å². The number of hydrogen-bond acceptors (Lipinski definition) is 5. The number of aliphatic carboxylic acids is 1. The maximum absolute atomic E-state index is 11.9. The summed E-state index contributed by atoms with van der Waals surface area (Å²) in [5, 5.41) is 13.1. The van der Waals surface area contributed by atoms with Crippen LogP contribution in [0.3, 0.4) is 0 Å². The Bertz CT molecular complexity index is 550. The number of rotatable bonds is 8. The van der Waals surface area contributed by atoms with Crippen LogP contribution in [-0.2, 0) is 4.79 Å². The van der Waals surface area contributed by atoms with Crippen molar-refractivity contribution in [3.05, 3.63) is 23.8 Å². The van der Waals surface area contributed by atoms with E-state index < -0.39 is 12.0 Å². The molecule has 0 saturated carbocycles. The van der Waals surface area contributed by atoms with Gasteiger partial charge in [-0.1, -0.05) is 19.4 Å². The molecule has 1 saturated heterocycles. The second-order valence-electron chi connectivity index (χ2n) is 6.14. The molecule has 0 radical (unpaired) electrons. The van der Waals surface area contributed by atoms with E-state index in [1.807, 2.05) is 24.0 Å². The van der Waals surface area contributed by atoms with Gasteiger partial charge in [0.15, 0.2) is 11.5 Å². The second kappa shape index (κ2) is 8.89. The molecule has 0 spiro atoms. The first-order chi connectivity index (χ1) is 11.6. The van der Waals surface area contributed by atoms with Crippen LogP contribution in [0.5, 0.6) is 11.5 Å². The first-order valence-electron chi connectivity index (χ1n) is 8.58. The van der Waals surface area contributed by atoms with Gasteiger partial charge in [0.2, 0.25) is 0 Å². The first kappa shape index (κ1) is 18.5. The summed E-state index contributed by atoms with van der Waals surface area (Å²) in [6.07, 6.45) is 1.99. The summed E-state index contributed by atoms with van der Waals surface area (Å²) in [6, 6.07) is 4.90. The van der Waals surface area contributed by atoms with Crippen molar-refractivity contribution < 1.29 is 19.4 Å². The molecule has 1 aromatic carbocycles. The molecule has 0 amide bonds. The van der Waals surface area contributed by atoms with Crippen molar-refractivity contribution in [2.24, 2.45) is 0 Å². The number of benzene rings is 1. The van der Waals surface area contributed by atoms with E-state index in [0.29, 0.717) is 24.7 Å². The molecule has 1 aliphatic heterocycles. The SMILES string of the molecule is CCCCOc1cc(C(C(=O)O)N2CCNCC2C)ccc1OC. The molecule has 2 unspecified atom stereocenters. The van der Waals surface area contributed by atoms with Crippen LogP contribution < -0.4 is 14.8 Å². The van der Waals surface area contributed by atoms with E-state index in [2.05, 4.69) is 12.2 Å². The lowest BCUT2D eigenvalue weighted by Crippen LogP contribution is -2.52. The number of piperazine rings is 1. The molecule has 0 aliphatic carbocycles. The number of methoxy groups -OCH3 is 1. The van der Waals surface area contributed by atoms with Gasteiger partial charge in [0.1, 0.15) is 6.04 Å². The van der Waals surface area contributed by atoms with Gasteiger partial charge in [-0.15, -0.1) is 0 Å². The zero-order valence-corrected chi connectivity index (χ0v) is 14.7. The topological polar surface area (TPSA) is 71.0 Å². The van der Waals surface area contributed by atoms with Crippen molar-refractivity contribution >= 4 is 5.97 Å². The summed E-state index contributed by atoms with van der Waals surface area (Å²) in [5.41, 5.74) is 0.726. The van der Waals surface area contributed by atoms with Crippen LogP contribution in [0.2, 0.25) is 0 Å². The minimum Gasteiger partial charge on any atom is -0.493 e. The molecule has 24 heavy (non-hydrogen) atoms. The van der Waals surface area contributed by atoms with Crippen molar-refractivity contribution in [3.63, 3.8) is 0 Å². The highest BCUT2D eigenvalue weighted by Crippen LogP contribution is 2.33. The van der Waals surface area contributed by atoms with E-state index in [1.165, 1.54) is 0 Å². The average molecular weight is 336 g/mol. The Morgan fingerprint density at radius 2 is 2.25 bits per heavy atom. The fraction of sp³-hybridized carbons (Fsp3) is 0.611. The monoisotopic (exact) mass is 336 g/mol. The third kappa shape index (κ3) is 4.39. The molecule has 2 rings (SSSR count). The fourth-order valence-electron chi connectivity index (χ4n) is 3.02. The van der Waals surface area contributed by atoms with Crippen LogP contribution in [0.25, 0.3) is 0 Å². The molecule has 0 bridgehead atoms. The Hall–Kier alpha value is -1.79. The maximum Gasteiger partial charge on any atom is 0.325 e. The largest absolute Gasteiger partial charge is 0.493 e. The van der Waals surface area contributed by atoms with Crippen molar-refractivity contribution in [2.75, 3.05) is 33.4 Å². The summed E-state index contributed by atoms with van der Waals surface area (Å²) < 4.78 is 11.1. The van der Waals surface area contributed by atoms with E-state index in [9.17, 15) is 9.90 Å². The molecule has 2 atom stereocenters. The van der Waals surface area contributed by atoms with Gasteiger partial charge >= 0.3 is 5.97 Å². The quantitative estimate of drug-likeness (QED) is 0.710. The standard InChI is InChI=1S/C18H28N2O4/c1-4-5-10-24-16-11-14(6-7-15(16)23-3)17(18(21)22)20-9-8-19-12-13(20)2/h6-7,11,13,17,19H,4-5,8-10,12H2,1-3H3,(H,21,22). The third-order valence-electron chi connectivity index (χ3n) is 4.38. The summed E-state index contributed by atoms with van der Waals surface area (Å²) >= 11 is 0. The lowest BCUT2D eigenvalue weighted by Gasteiger charge is -2.38. The normalized spacial score (nSPS) is 19.7. The molecular formula is C18H28N2O4. The Morgan fingerprint density at radius 3 is 2.88 bits per heavy atom. The molecule has 1 fully saturated rings. The van der Waals surface area contributed by atoms with Gasteiger partial charge in [-0.25, -0.2) is 0 Å². The van der Waals surface area contributed by atoms with E-state index in [1.54, 1.807) is 13.2 Å². The average Bonchev–Trinajstić information content (AvgIpc) is 2.57. The van der Waals surface area contributed by atoms with Crippen molar-refractivity contribution in [1.29, 1.82) is 0 Å². The maximum atomic E-state index is 11.9. The van der Waals surface area contributed by atoms with E-state index in [0.717, 1.165) is 31.5 Å². The molecular weight excluding hydrogens is 308 g/mol. The van der Waals surface area contributed by atoms with Gasteiger partial charge in [0.25, 0.3) is 0 Å². The summed E-state index contributed by atoms with van der Waals surface area (Å²) in [7, 11) is 1.59. The number of unbranched alkanes of at least 4 members (excludes halogenated alkanes) is 1. The molecule has 134 valence electrons. The predicted octanol–water partition coefficient (Wildman–Crippen LogP) is 2.29. The highest BCUT2D eigenvalue weighted by atomic mass is 16.5. The number of carboxylic acids is 1. The Morgan fingerprint density at radius 1 is 1.46 bits per heavy atom. The number of nitrogens with zero attached hydrogens (tertiary/aromatic N) is 1. The van der Waals surface area contributed by atoms with Gasteiger partial charge in [-0.05, 0) is 31.0 Å². The van der Waals surface area contributed by atoms with E-state index >= 15 is 0 Å². The van der Waals surface area contributed by atoms with Gasteiger partial charge in [-0.2, -0.15) is 0 Å². The van der Waals surface area contributed by atoms with Gasteiger partial charge in [-0.3, -0.25) is 9.69 Å². The zero-order chi connectivity index (χ0) is 17.5. The number of nitrogens with one attached hydrogen (secondary N) is 1. The zero-order valence-electron chi connectivity index (χ0n) is 14.7. The highest BCUT2D eigenvalue weighted by Gasteiger charge is 2.32. The number of hydrogen-bond donors (Lipinski definition) is 2. The summed E-state index contributed by atoms with van der Waals surface area (Å²) in [6.45, 7) is 7.03. The van der Waals surface area contributed by atoms with Crippen molar-refractivity contribution in [1.82, 2.24) is 10.2 Å². The lowest BCUT2D eigenvalue weighted by molar-refractivity contribution is -0.145. The van der Waals surface area contributed by atoms with Crippen molar-refractivity contribution in [2.45, 2.75) is 38.8 Å². The smallest absolute Gasteiger partial charge is 0.325 e. The number of ether oxygens (including phenoxy) is 2. The lowest BCUT2D eigenvalue weighted by atomic mass is 10.0.